The molecule has 10 heteroatoms. The summed E-state index contributed by atoms with van der Waals surface area (Å²) in [5.74, 6) is -4.88. The smallest absolute Gasteiger partial charge is 0.294 e. The average molecular weight is 392 g/mol. The molecule has 0 spiro atoms. The standard InChI is InChI=1S/C16H13F5N2O2S/c17-10-1-8(5-23(15(10)25)6-13(18)19)2-11(24)12-3-9-4-22-7-16(20,21)14(9)26-12/h1,3,5,13,22H,2,4,6-7H2. The van der Waals surface area contributed by atoms with Crippen LogP contribution in [0.5, 0.6) is 0 Å². The molecule has 0 saturated heterocycles. The first-order valence-electron chi connectivity index (χ1n) is 7.59. The van der Waals surface area contributed by atoms with E-state index in [0.29, 0.717) is 21.5 Å². The van der Waals surface area contributed by atoms with E-state index < -0.39 is 49.0 Å². The van der Waals surface area contributed by atoms with Crippen LogP contribution in [-0.2, 0) is 25.4 Å². The van der Waals surface area contributed by atoms with Crippen LogP contribution in [0.15, 0.2) is 23.1 Å². The Kier molecular flexibility index (Phi) is 4.98. The minimum absolute atomic E-state index is 0.0176. The number of aromatic nitrogens is 1. The highest BCUT2D eigenvalue weighted by molar-refractivity contribution is 7.14. The summed E-state index contributed by atoms with van der Waals surface area (Å²) in [6.07, 6.45) is -2.27. The Labute approximate surface area is 148 Å². The zero-order valence-electron chi connectivity index (χ0n) is 13.2. The van der Waals surface area contributed by atoms with Crippen LogP contribution in [0.4, 0.5) is 22.0 Å². The first-order valence-corrected chi connectivity index (χ1v) is 8.41. The highest BCUT2D eigenvalue weighted by Gasteiger charge is 2.39. The monoisotopic (exact) mass is 392 g/mol. The van der Waals surface area contributed by atoms with E-state index in [0.717, 1.165) is 12.3 Å². The number of thiophene rings is 1. The van der Waals surface area contributed by atoms with Crippen molar-refractivity contribution in [1.29, 1.82) is 0 Å². The zero-order valence-corrected chi connectivity index (χ0v) is 14.0. The number of alkyl halides is 4. The Bertz CT molecular complexity index is 907. The van der Waals surface area contributed by atoms with E-state index in [4.69, 9.17) is 0 Å². The quantitative estimate of drug-likeness (QED) is 0.629. The zero-order chi connectivity index (χ0) is 19.1. The minimum atomic E-state index is -3.08. The van der Waals surface area contributed by atoms with E-state index in [1.54, 1.807) is 0 Å². The Hall–Kier alpha value is -2.07. The molecule has 0 atom stereocenters. The van der Waals surface area contributed by atoms with Crippen molar-refractivity contribution >= 4 is 17.1 Å². The molecule has 0 unspecified atom stereocenters. The van der Waals surface area contributed by atoms with Gasteiger partial charge in [0.05, 0.1) is 22.8 Å². The fraction of sp³-hybridized carbons (Fsp3) is 0.375. The maximum atomic E-state index is 13.9. The second kappa shape index (κ2) is 6.92. The number of ketones is 1. The minimum Gasteiger partial charge on any atom is -0.307 e. The van der Waals surface area contributed by atoms with Crippen LogP contribution in [0, 0.1) is 5.82 Å². The van der Waals surface area contributed by atoms with Crippen molar-refractivity contribution in [3.63, 3.8) is 0 Å². The van der Waals surface area contributed by atoms with Gasteiger partial charge < -0.3 is 9.88 Å². The van der Waals surface area contributed by atoms with E-state index >= 15 is 0 Å². The number of Topliss-reactive ketones (excluding diaryl/α,β-unsaturated/α-hetero) is 1. The van der Waals surface area contributed by atoms with Gasteiger partial charge in [-0.15, -0.1) is 11.3 Å². The molecular formula is C16H13F5N2O2S. The number of pyridine rings is 1. The molecule has 0 saturated carbocycles. The summed E-state index contributed by atoms with van der Waals surface area (Å²) in [7, 11) is 0. The topological polar surface area (TPSA) is 51.1 Å². The summed E-state index contributed by atoms with van der Waals surface area (Å²) < 4.78 is 66.8. The second-order valence-electron chi connectivity index (χ2n) is 5.92. The van der Waals surface area contributed by atoms with Crippen molar-refractivity contribution in [3.05, 3.63) is 55.4 Å². The molecule has 0 amide bonds. The summed E-state index contributed by atoms with van der Waals surface area (Å²) in [5, 5.41) is 2.56. The van der Waals surface area contributed by atoms with Gasteiger partial charge >= 0.3 is 0 Å². The average Bonchev–Trinajstić information content (AvgIpc) is 2.97. The molecular weight excluding hydrogens is 379 g/mol. The molecule has 3 rings (SSSR count). The Morgan fingerprint density at radius 3 is 2.73 bits per heavy atom. The first-order chi connectivity index (χ1) is 12.2. The van der Waals surface area contributed by atoms with Gasteiger partial charge in [0.1, 0.15) is 0 Å². The predicted octanol–water partition coefficient (Wildman–Crippen LogP) is 2.93. The summed E-state index contributed by atoms with van der Waals surface area (Å²) in [6, 6.07) is 2.15. The number of nitrogens with one attached hydrogen (secondary N) is 1. The number of hydrogen-bond donors (Lipinski definition) is 1. The molecule has 0 radical (unpaired) electrons. The van der Waals surface area contributed by atoms with E-state index in [1.807, 2.05) is 0 Å². The van der Waals surface area contributed by atoms with Crippen molar-refractivity contribution in [2.45, 2.75) is 31.9 Å². The van der Waals surface area contributed by atoms with Crippen LogP contribution < -0.4 is 10.9 Å². The second-order valence-corrected chi connectivity index (χ2v) is 6.97. The summed E-state index contributed by atoms with van der Waals surface area (Å²) >= 11 is 0.670. The largest absolute Gasteiger partial charge is 0.307 e. The van der Waals surface area contributed by atoms with Crippen molar-refractivity contribution in [1.82, 2.24) is 9.88 Å². The van der Waals surface area contributed by atoms with Crippen LogP contribution in [0.3, 0.4) is 0 Å². The van der Waals surface area contributed by atoms with Crippen molar-refractivity contribution in [3.8, 4) is 0 Å². The third-order valence-corrected chi connectivity index (χ3v) is 5.21. The van der Waals surface area contributed by atoms with Gasteiger partial charge in [-0.05, 0) is 23.3 Å². The number of halogens is 5. The van der Waals surface area contributed by atoms with E-state index in [9.17, 15) is 31.5 Å². The Morgan fingerprint density at radius 2 is 2.08 bits per heavy atom. The molecule has 0 bridgehead atoms. The van der Waals surface area contributed by atoms with Gasteiger partial charge in [-0.1, -0.05) is 0 Å². The molecule has 0 aliphatic carbocycles. The molecule has 1 aliphatic heterocycles. The fourth-order valence-electron chi connectivity index (χ4n) is 2.75. The molecule has 26 heavy (non-hydrogen) atoms. The summed E-state index contributed by atoms with van der Waals surface area (Å²) in [5.41, 5.74) is -0.869. The van der Waals surface area contributed by atoms with E-state index in [2.05, 4.69) is 5.32 Å². The molecule has 3 heterocycles. The van der Waals surface area contributed by atoms with Gasteiger partial charge in [-0.3, -0.25) is 9.59 Å². The highest BCUT2D eigenvalue weighted by atomic mass is 32.1. The van der Waals surface area contributed by atoms with Gasteiger partial charge in [0.2, 0.25) is 0 Å². The Morgan fingerprint density at radius 1 is 1.35 bits per heavy atom. The SMILES string of the molecule is O=C(Cc1cc(F)c(=O)n(CC(F)F)c1)c1cc2c(s1)C(F)(F)CNC2. The maximum absolute atomic E-state index is 13.9. The van der Waals surface area contributed by atoms with Crippen LogP contribution in [0.25, 0.3) is 0 Å². The summed E-state index contributed by atoms with van der Waals surface area (Å²) in [4.78, 5) is 23.7. The first kappa shape index (κ1) is 18.7. The summed E-state index contributed by atoms with van der Waals surface area (Å²) in [6.45, 7) is -1.30. The lowest BCUT2D eigenvalue weighted by Crippen LogP contribution is -2.35. The molecule has 4 nitrogen and oxygen atoms in total. The molecule has 2 aromatic heterocycles. The number of hydrogen-bond acceptors (Lipinski definition) is 4. The number of carbonyl (C=O) groups is 1. The number of carbonyl (C=O) groups excluding carboxylic acids is 1. The number of rotatable bonds is 5. The van der Waals surface area contributed by atoms with E-state index in [1.165, 1.54) is 6.07 Å². The van der Waals surface area contributed by atoms with E-state index in [-0.39, 0.29) is 21.9 Å². The predicted molar refractivity (Wildman–Crippen MR) is 84.6 cm³/mol. The third-order valence-electron chi connectivity index (χ3n) is 3.88. The normalized spacial score (nSPS) is 15.9. The van der Waals surface area contributed by atoms with Gasteiger partial charge in [0, 0.05) is 19.2 Å². The maximum Gasteiger partial charge on any atom is 0.294 e. The molecule has 0 aromatic carbocycles. The van der Waals surface area contributed by atoms with Crippen LogP contribution in [-0.4, -0.2) is 23.3 Å². The van der Waals surface area contributed by atoms with Crippen LogP contribution in [0.2, 0.25) is 0 Å². The molecule has 1 aliphatic rings. The lowest BCUT2D eigenvalue weighted by Gasteiger charge is -2.22. The van der Waals surface area contributed by atoms with Gasteiger partial charge in [0.15, 0.2) is 11.6 Å². The highest BCUT2D eigenvalue weighted by Crippen LogP contribution is 2.39. The fourth-order valence-corrected chi connectivity index (χ4v) is 3.84. The van der Waals surface area contributed by atoms with Crippen LogP contribution in [0.1, 0.15) is 25.7 Å². The third kappa shape index (κ3) is 3.70. The number of nitrogens with zero attached hydrogens (tertiary/aromatic N) is 1. The van der Waals surface area contributed by atoms with Gasteiger partial charge in [-0.25, -0.2) is 13.2 Å². The van der Waals surface area contributed by atoms with Crippen molar-refractivity contribution in [2.75, 3.05) is 6.54 Å². The number of fused-ring (bicyclic) bond motifs is 1. The van der Waals surface area contributed by atoms with Gasteiger partial charge in [0.25, 0.3) is 17.9 Å². The molecule has 2 aromatic rings. The van der Waals surface area contributed by atoms with Gasteiger partial charge in [-0.2, -0.15) is 8.78 Å². The lowest BCUT2D eigenvalue weighted by atomic mass is 10.1. The Balaban J connectivity index is 1.86. The van der Waals surface area contributed by atoms with Crippen molar-refractivity contribution in [2.24, 2.45) is 0 Å². The van der Waals surface area contributed by atoms with Crippen molar-refractivity contribution < 1.29 is 26.7 Å². The molecule has 0 fully saturated rings. The molecule has 1 N–H and O–H groups in total. The molecule has 140 valence electrons. The van der Waals surface area contributed by atoms with Crippen LogP contribution >= 0.6 is 11.3 Å². The lowest BCUT2D eigenvalue weighted by molar-refractivity contribution is -0.00659.